The van der Waals surface area contributed by atoms with Crippen LogP contribution in [-0.2, 0) is 4.79 Å². The average Bonchev–Trinajstić information content (AvgIpc) is 3.33. The Labute approximate surface area is 181 Å². The normalized spacial score (nSPS) is 12.0. The largest absolute Gasteiger partial charge is 0.297 e. The molecular weight excluding hydrogens is 384 g/mol. The van der Waals surface area contributed by atoms with E-state index in [1.54, 1.807) is 29.1 Å². The summed E-state index contributed by atoms with van der Waals surface area (Å²) >= 11 is 0. The van der Waals surface area contributed by atoms with Crippen LogP contribution in [0.1, 0.15) is 34.1 Å². The molecule has 0 N–H and O–H groups in total. The molecule has 4 nitrogen and oxygen atoms in total. The SMILES string of the molecule is O=C(/C=C/c1ccccc1)C[C@H](C(=O)c1nccn1-c1ccccc1)c1ccccc1. The minimum absolute atomic E-state index is 0.0772. The molecule has 152 valence electrons. The fourth-order valence-electron chi connectivity index (χ4n) is 3.51. The Morgan fingerprint density at radius 2 is 1.45 bits per heavy atom. The first-order valence-electron chi connectivity index (χ1n) is 10.2. The summed E-state index contributed by atoms with van der Waals surface area (Å²) in [6.45, 7) is 0. The van der Waals surface area contributed by atoms with E-state index in [2.05, 4.69) is 4.98 Å². The van der Waals surface area contributed by atoms with Gasteiger partial charge >= 0.3 is 0 Å². The molecular formula is C27H22N2O2. The zero-order valence-electron chi connectivity index (χ0n) is 17.0. The monoisotopic (exact) mass is 406 g/mol. The molecule has 4 aromatic rings. The number of nitrogens with zero attached hydrogens (tertiary/aromatic N) is 2. The molecule has 1 heterocycles. The number of benzene rings is 3. The van der Waals surface area contributed by atoms with Crippen molar-refractivity contribution in [2.24, 2.45) is 0 Å². The highest BCUT2D eigenvalue weighted by Gasteiger charge is 2.27. The predicted octanol–water partition coefficient (Wildman–Crippen LogP) is 5.51. The highest BCUT2D eigenvalue weighted by Crippen LogP contribution is 2.26. The summed E-state index contributed by atoms with van der Waals surface area (Å²) in [4.78, 5) is 30.6. The van der Waals surface area contributed by atoms with Crippen molar-refractivity contribution < 1.29 is 9.59 Å². The van der Waals surface area contributed by atoms with Gasteiger partial charge in [-0.15, -0.1) is 0 Å². The van der Waals surface area contributed by atoms with Gasteiger partial charge in [0.1, 0.15) is 0 Å². The maximum atomic E-state index is 13.6. The predicted molar refractivity (Wildman–Crippen MR) is 122 cm³/mol. The van der Waals surface area contributed by atoms with Gasteiger partial charge in [0.2, 0.25) is 5.78 Å². The summed E-state index contributed by atoms with van der Waals surface area (Å²) < 4.78 is 1.77. The number of carbonyl (C=O) groups is 2. The lowest BCUT2D eigenvalue weighted by Gasteiger charge is -2.16. The number of Topliss-reactive ketones (excluding diaryl/α,β-unsaturated/α-hetero) is 1. The van der Waals surface area contributed by atoms with Crippen LogP contribution in [0, 0.1) is 0 Å². The average molecular weight is 406 g/mol. The van der Waals surface area contributed by atoms with Gasteiger partial charge < -0.3 is 0 Å². The molecule has 1 atom stereocenters. The van der Waals surface area contributed by atoms with Gasteiger partial charge in [0, 0.05) is 24.5 Å². The summed E-state index contributed by atoms with van der Waals surface area (Å²) in [5.41, 5.74) is 2.60. The third-order valence-corrected chi connectivity index (χ3v) is 5.08. The molecule has 0 spiro atoms. The van der Waals surface area contributed by atoms with E-state index in [9.17, 15) is 9.59 Å². The van der Waals surface area contributed by atoms with Gasteiger partial charge in [0.25, 0.3) is 0 Å². The fourth-order valence-corrected chi connectivity index (χ4v) is 3.51. The van der Waals surface area contributed by atoms with Crippen LogP contribution >= 0.6 is 0 Å². The molecule has 0 radical (unpaired) electrons. The summed E-state index contributed by atoms with van der Waals surface area (Å²) in [5, 5.41) is 0. The number of allylic oxidation sites excluding steroid dienone is 1. The van der Waals surface area contributed by atoms with Gasteiger partial charge in [0.15, 0.2) is 11.6 Å². The number of imidazole rings is 1. The number of aromatic nitrogens is 2. The van der Waals surface area contributed by atoms with E-state index in [1.807, 2.05) is 91.0 Å². The Morgan fingerprint density at radius 1 is 0.839 bits per heavy atom. The molecule has 0 saturated carbocycles. The van der Waals surface area contributed by atoms with Gasteiger partial charge in [-0.2, -0.15) is 0 Å². The van der Waals surface area contributed by atoms with E-state index < -0.39 is 5.92 Å². The summed E-state index contributed by atoms with van der Waals surface area (Å²) in [6.07, 6.45) is 6.77. The standard InChI is InChI=1S/C27H22N2O2/c30-24(17-16-21-10-4-1-5-11-21)20-25(22-12-6-2-7-13-22)26(31)27-28-18-19-29(27)23-14-8-3-9-15-23/h1-19,25H,20H2/b17-16+/t25-/m0/s1. The molecule has 3 aromatic carbocycles. The molecule has 0 fully saturated rings. The number of rotatable bonds is 8. The molecule has 4 rings (SSSR count). The van der Waals surface area contributed by atoms with Crippen LogP contribution in [0.25, 0.3) is 11.8 Å². The molecule has 0 aliphatic carbocycles. The topological polar surface area (TPSA) is 52.0 Å². The van der Waals surface area contributed by atoms with E-state index in [0.717, 1.165) is 16.8 Å². The van der Waals surface area contributed by atoms with Crippen molar-refractivity contribution in [2.45, 2.75) is 12.3 Å². The van der Waals surface area contributed by atoms with Crippen LogP contribution in [0.15, 0.2) is 109 Å². The van der Waals surface area contributed by atoms with Gasteiger partial charge in [0.05, 0.1) is 5.92 Å². The first kappa shape index (κ1) is 20.2. The minimum atomic E-state index is -0.612. The van der Waals surface area contributed by atoms with Crippen LogP contribution < -0.4 is 0 Å². The number of ketones is 2. The molecule has 0 aliphatic rings. The number of hydrogen-bond donors (Lipinski definition) is 0. The van der Waals surface area contributed by atoms with Gasteiger partial charge in [-0.25, -0.2) is 4.98 Å². The molecule has 4 heteroatoms. The van der Waals surface area contributed by atoms with Crippen LogP contribution in [0.2, 0.25) is 0 Å². The lowest BCUT2D eigenvalue weighted by Crippen LogP contribution is -2.20. The van der Waals surface area contributed by atoms with Gasteiger partial charge in [-0.3, -0.25) is 14.2 Å². The van der Waals surface area contributed by atoms with E-state index in [-0.39, 0.29) is 18.0 Å². The molecule has 0 bridgehead atoms. The van der Waals surface area contributed by atoms with Crippen molar-refractivity contribution in [3.05, 3.63) is 126 Å². The molecule has 0 aliphatic heterocycles. The van der Waals surface area contributed by atoms with E-state index in [0.29, 0.717) is 5.82 Å². The second kappa shape index (κ2) is 9.63. The van der Waals surface area contributed by atoms with Crippen molar-refractivity contribution in [3.8, 4) is 5.69 Å². The zero-order chi connectivity index (χ0) is 21.5. The Bertz CT molecular complexity index is 1180. The van der Waals surface area contributed by atoms with Crippen molar-refractivity contribution in [1.29, 1.82) is 0 Å². The van der Waals surface area contributed by atoms with E-state index in [4.69, 9.17) is 0 Å². The van der Waals surface area contributed by atoms with Crippen LogP contribution in [0.4, 0.5) is 0 Å². The number of para-hydroxylation sites is 1. The van der Waals surface area contributed by atoms with Gasteiger partial charge in [-0.1, -0.05) is 84.9 Å². The lowest BCUT2D eigenvalue weighted by atomic mass is 9.89. The Kier molecular flexibility index (Phi) is 6.29. The van der Waals surface area contributed by atoms with E-state index in [1.165, 1.54) is 0 Å². The number of hydrogen-bond acceptors (Lipinski definition) is 3. The maximum absolute atomic E-state index is 13.6. The molecule has 1 aromatic heterocycles. The molecule has 31 heavy (non-hydrogen) atoms. The summed E-state index contributed by atoms with van der Waals surface area (Å²) in [7, 11) is 0. The van der Waals surface area contributed by atoms with Crippen LogP contribution in [0.5, 0.6) is 0 Å². The Morgan fingerprint density at radius 3 is 2.13 bits per heavy atom. The van der Waals surface area contributed by atoms with Crippen molar-refractivity contribution >= 4 is 17.6 Å². The smallest absolute Gasteiger partial charge is 0.206 e. The van der Waals surface area contributed by atoms with Crippen LogP contribution in [0.3, 0.4) is 0 Å². The fraction of sp³-hybridized carbons (Fsp3) is 0.0741. The third-order valence-electron chi connectivity index (χ3n) is 5.08. The number of carbonyl (C=O) groups excluding carboxylic acids is 2. The quantitative estimate of drug-likeness (QED) is 0.286. The van der Waals surface area contributed by atoms with Crippen molar-refractivity contribution in [1.82, 2.24) is 9.55 Å². The van der Waals surface area contributed by atoms with Gasteiger partial charge in [-0.05, 0) is 29.3 Å². The van der Waals surface area contributed by atoms with Crippen LogP contribution in [-0.4, -0.2) is 21.1 Å². The lowest BCUT2D eigenvalue weighted by molar-refractivity contribution is -0.114. The molecule has 0 amide bonds. The van der Waals surface area contributed by atoms with E-state index >= 15 is 0 Å². The minimum Gasteiger partial charge on any atom is -0.297 e. The zero-order valence-corrected chi connectivity index (χ0v) is 17.0. The molecule has 0 unspecified atom stereocenters. The Balaban J connectivity index is 1.62. The highest BCUT2D eigenvalue weighted by molar-refractivity contribution is 6.03. The third kappa shape index (κ3) is 4.93. The summed E-state index contributed by atoms with van der Waals surface area (Å²) in [6, 6.07) is 28.6. The summed E-state index contributed by atoms with van der Waals surface area (Å²) in [5.74, 6) is -0.579. The second-order valence-electron chi connectivity index (χ2n) is 7.20. The first-order chi connectivity index (χ1) is 15.2. The van der Waals surface area contributed by atoms with Crippen molar-refractivity contribution in [3.63, 3.8) is 0 Å². The maximum Gasteiger partial charge on any atom is 0.206 e. The molecule has 0 saturated heterocycles. The Hall–Kier alpha value is -4.05. The first-order valence-corrected chi connectivity index (χ1v) is 10.2. The highest BCUT2D eigenvalue weighted by atomic mass is 16.1. The second-order valence-corrected chi connectivity index (χ2v) is 7.20. The van der Waals surface area contributed by atoms with Crippen molar-refractivity contribution in [2.75, 3.05) is 0 Å².